The van der Waals surface area contributed by atoms with Gasteiger partial charge in [-0.3, -0.25) is 4.90 Å². The van der Waals surface area contributed by atoms with Gasteiger partial charge in [-0.05, 0) is 19.9 Å². The molecule has 2 saturated heterocycles. The fourth-order valence-corrected chi connectivity index (χ4v) is 3.04. The summed E-state index contributed by atoms with van der Waals surface area (Å²) in [7, 11) is 3.63. The van der Waals surface area contributed by atoms with E-state index in [1.165, 1.54) is 7.11 Å². The van der Waals surface area contributed by atoms with E-state index in [0.29, 0.717) is 32.1 Å². The van der Waals surface area contributed by atoms with Gasteiger partial charge in [-0.25, -0.2) is 9.97 Å². The number of morpholine rings is 1. The third kappa shape index (κ3) is 2.20. The number of likely N-dealkylation sites (N-methyl/N-ethyl adjacent to an activating group) is 1. The van der Waals surface area contributed by atoms with E-state index in [1.54, 1.807) is 12.4 Å². The van der Waals surface area contributed by atoms with Gasteiger partial charge >= 0.3 is 6.01 Å². The molecule has 3 rings (SSSR count). The summed E-state index contributed by atoms with van der Waals surface area (Å²) >= 11 is 0. The molecule has 2 fully saturated rings. The molecule has 2 aliphatic heterocycles. The molecule has 2 atom stereocenters. The number of rotatable bonds is 2. The first-order valence-electron chi connectivity index (χ1n) is 6.51. The zero-order chi connectivity index (χ0) is 13.5. The number of methoxy groups -OCH3 is 1. The van der Waals surface area contributed by atoms with Crippen molar-refractivity contribution < 1.29 is 14.6 Å². The number of hydrogen-bond acceptors (Lipinski definition) is 6. The normalized spacial score (nSPS) is 35.1. The predicted molar refractivity (Wildman–Crippen MR) is 67.9 cm³/mol. The molecule has 2 unspecified atom stereocenters. The average Bonchev–Trinajstić information content (AvgIpc) is 2.41. The number of aromatic nitrogens is 2. The Hall–Kier alpha value is -1.24. The van der Waals surface area contributed by atoms with Crippen LogP contribution in [0.5, 0.6) is 6.01 Å². The fraction of sp³-hybridized carbons (Fsp3) is 0.692. The quantitative estimate of drug-likeness (QED) is 0.822. The van der Waals surface area contributed by atoms with Crippen LogP contribution in [0.4, 0.5) is 0 Å². The largest absolute Gasteiger partial charge is 0.467 e. The second-order valence-corrected chi connectivity index (χ2v) is 5.41. The number of piperidine rings is 1. The Morgan fingerprint density at radius 3 is 2.42 bits per heavy atom. The van der Waals surface area contributed by atoms with E-state index in [0.717, 1.165) is 5.56 Å². The fourth-order valence-electron chi connectivity index (χ4n) is 3.04. The van der Waals surface area contributed by atoms with Crippen molar-refractivity contribution in [3.05, 3.63) is 18.0 Å². The Kier molecular flexibility index (Phi) is 3.16. The molecule has 6 heteroatoms. The van der Waals surface area contributed by atoms with Gasteiger partial charge < -0.3 is 14.6 Å². The molecule has 1 aromatic rings. The number of nitrogens with zero attached hydrogens (tertiary/aromatic N) is 3. The molecule has 1 N–H and O–H groups in total. The Morgan fingerprint density at radius 2 is 1.89 bits per heavy atom. The van der Waals surface area contributed by atoms with E-state index >= 15 is 0 Å². The highest BCUT2D eigenvalue weighted by atomic mass is 16.5. The lowest BCUT2D eigenvalue weighted by Crippen LogP contribution is -2.59. The van der Waals surface area contributed by atoms with E-state index in [9.17, 15) is 5.11 Å². The van der Waals surface area contributed by atoms with Gasteiger partial charge in [0.1, 0.15) is 0 Å². The molecule has 0 radical (unpaired) electrons. The highest BCUT2D eigenvalue weighted by Crippen LogP contribution is 2.39. The number of fused-ring (bicyclic) bond motifs is 2. The maximum Gasteiger partial charge on any atom is 0.316 e. The van der Waals surface area contributed by atoms with Crippen LogP contribution in [-0.2, 0) is 10.3 Å². The topological polar surface area (TPSA) is 67.7 Å². The minimum Gasteiger partial charge on any atom is -0.467 e. The molecule has 2 bridgehead atoms. The molecular weight excluding hydrogens is 246 g/mol. The molecule has 2 aliphatic rings. The van der Waals surface area contributed by atoms with Crippen LogP contribution in [0.25, 0.3) is 0 Å². The summed E-state index contributed by atoms with van der Waals surface area (Å²) in [6.45, 7) is 1.35. The second kappa shape index (κ2) is 4.70. The van der Waals surface area contributed by atoms with Crippen LogP contribution in [0.3, 0.4) is 0 Å². The highest BCUT2D eigenvalue weighted by molar-refractivity contribution is 5.20. The molecule has 104 valence electrons. The second-order valence-electron chi connectivity index (χ2n) is 5.41. The highest BCUT2D eigenvalue weighted by Gasteiger charge is 2.45. The van der Waals surface area contributed by atoms with Crippen molar-refractivity contribution in [1.29, 1.82) is 0 Å². The van der Waals surface area contributed by atoms with E-state index < -0.39 is 5.60 Å². The average molecular weight is 265 g/mol. The van der Waals surface area contributed by atoms with Crippen molar-refractivity contribution in [1.82, 2.24) is 14.9 Å². The van der Waals surface area contributed by atoms with Crippen molar-refractivity contribution in [2.45, 2.75) is 30.5 Å². The number of ether oxygens (including phenoxy) is 2. The minimum atomic E-state index is -0.863. The van der Waals surface area contributed by atoms with Crippen LogP contribution in [0.15, 0.2) is 12.4 Å². The van der Waals surface area contributed by atoms with Crippen molar-refractivity contribution in [2.24, 2.45) is 0 Å². The van der Waals surface area contributed by atoms with Gasteiger partial charge in [0.05, 0.1) is 25.9 Å². The monoisotopic (exact) mass is 265 g/mol. The van der Waals surface area contributed by atoms with Crippen LogP contribution >= 0.6 is 0 Å². The van der Waals surface area contributed by atoms with Crippen LogP contribution < -0.4 is 4.74 Å². The summed E-state index contributed by atoms with van der Waals surface area (Å²) < 4.78 is 10.5. The molecule has 19 heavy (non-hydrogen) atoms. The van der Waals surface area contributed by atoms with Gasteiger partial charge in [0.25, 0.3) is 0 Å². The maximum absolute atomic E-state index is 10.9. The standard InChI is InChI=1S/C13H19N3O3/c1-16-10-3-13(17,4-11(16)8-19-7-10)9-5-14-12(18-2)15-6-9/h5-6,10-11,17H,3-4,7-8H2,1-2H3. The predicted octanol–water partition coefficient (Wildman–Crippen LogP) is 0.166. The van der Waals surface area contributed by atoms with Gasteiger partial charge in [0, 0.05) is 30.0 Å². The smallest absolute Gasteiger partial charge is 0.316 e. The first-order chi connectivity index (χ1) is 9.12. The van der Waals surface area contributed by atoms with Crippen LogP contribution in [-0.4, -0.2) is 59.4 Å². The lowest BCUT2D eigenvalue weighted by atomic mass is 9.78. The Balaban J connectivity index is 1.86. The van der Waals surface area contributed by atoms with Crippen molar-refractivity contribution in [2.75, 3.05) is 27.4 Å². The van der Waals surface area contributed by atoms with Gasteiger partial charge in [0.15, 0.2) is 0 Å². The summed E-state index contributed by atoms with van der Waals surface area (Å²) in [5.41, 5.74) is -0.101. The van der Waals surface area contributed by atoms with Crippen LogP contribution in [0.2, 0.25) is 0 Å². The van der Waals surface area contributed by atoms with Crippen molar-refractivity contribution in [3.8, 4) is 6.01 Å². The summed E-state index contributed by atoms with van der Waals surface area (Å²) in [5, 5.41) is 10.9. The lowest BCUT2D eigenvalue weighted by molar-refractivity contribution is -0.138. The van der Waals surface area contributed by atoms with E-state index in [4.69, 9.17) is 9.47 Å². The summed E-state index contributed by atoms with van der Waals surface area (Å²) in [6, 6.07) is 0.822. The molecular formula is C13H19N3O3. The Labute approximate surface area is 112 Å². The summed E-state index contributed by atoms with van der Waals surface area (Å²) in [6.07, 6.45) is 4.62. The van der Waals surface area contributed by atoms with Gasteiger partial charge in [-0.2, -0.15) is 0 Å². The molecule has 0 amide bonds. The van der Waals surface area contributed by atoms with Gasteiger partial charge in [-0.15, -0.1) is 0 Å². The van der Waals surface area contributed by atoms with Gasteiger partial charge in [0.2, 0.25) is 0 Å². The minimum absolute atomic E-state index is 0.250. The maximum atomic E-state index is 10.9. The molecule has 0 aromatic carbocycles. The molecule has 3 heterocycles. The molecule has 0 saturated carbocycles. The first kappa shape index (κ1) is 12.8. The SMILES string of the molecule is COc1ncc(C2(O)CC3COCC(C2)N3C)cn1. The van der Waals surface area contributed by atoms with E-state index in [-0.39, 0.29) is 12.1 Å². The van der Waals surface area contributed by atoms with Crippen LogP contribution in [0.1, 0.15) is 18.4 Å². The van der Waals surface area contributed by atoms with Crippen molar-refractivity contribution in [3.63, 3.8) is 0 Å². The first-order valence-corrected chi connectivity index (χ1v) is 6.51. The summed E-state index contributed by atoms with van der Waals surface area (Å²) in [4.78, 5) is 10.5. The van der Waals surface area contributed by atoms with Crippen molar-refractivity contribution >= 4 is 0 Å². The third-order valence-corrected chi connectivity index (χ3v) is 4.27. The third-order valence-electron chi connectivity index (χ3n) is 4.27. The van der Waals surface area contributed by atoms with E-state index in [2.05, 4.69) is 21.9 Å². The molecule has 6 nitrogen and oxygen atoms in total. The Morgan fingerprint density at radius 1 is 1.32 bits per heavy atom. The zero-order valence-corrected chi connectivity index (χ0v) is 11.2. The Bertz CT molecular complexity index is 437. The zero-order valence-electron chi connectivity index (χ0n) is 11.2. The number of aliphatic hydroxyl groups is 1. The number of hydrogen-bond donors (Lipinski definition) is 1. The molecule has 0 spiro atoms. The molecule has 0 aliphatic carbocycles. The van der Waals surface area contributed by atoms with Crippen LogP contribution in [0, 0.1) is 0 Å². The molecule has 1 aromatic heterocycles. The van der Waals surface area contributed by atoms with E-state index in [1.807, 2.05) is 0 Å². The summed E-state index contributed by atoms with van der Waals surface area (Å²) in [5.74, 6) is 0. The van der Waals surface area contributed by atoms with Gasteiger partial charge in [-0.1, -0.05) is 0 Å². The lowest BCUT2D eigenvalue weighted by Gasteiger charge is -2.50.